The lowest BCUT2D eigenvalue weighted by atomic mass is 10.1. The van der Waals surface area contributed by atoms with E-state index in [-0.39, 0.29) is 11.3 Å². The quantitative estimate of drug-likeness (QED) is 0.562. The maximum Gasteiger partial charge on any atom is 0.256 e. The minimum Gasteiger partial charge on any atom is -0.319 e. The molecule has 0 radical (unpaired) electrons. The Kier molecular flexibility index (Phi) is 4.57. The second kappa shape index (κ2) is 7.19. The minimum atomic E-state index is -0.715. The summed E-state index contributed by atoms with van der Waals surface area (Å²) in [6, 6.07) is 13.9. The van der Waals surface area contributed by atoms with Crippen LogP contribution < -0.4 is 5.32 Å². The van der Waals surface area contributed by atoms with Gasteiger partial charge in [-0.3, -0.25) is 4.79 Å². The van der Waals surface area contributed by atoms with Gasteiger partial charge in [0.2, 0.25) is 0 Å². The molecule has 0 atom stereocenters. The zero-order valence-electron chi connectivity index (χ0n) is 15.0. The number of nitrogens with zero attached hydrogens (tertiary/aromatic N) is 3. The van der Waals surface area contributed by atoms with E-state index in [1.165, 1.54) is 0 Å². The summed E-state index contributed by atoms with van der Waals surface area (Å²) in [7, 11) is 0. The van der Waals surface area contributed by atoms with Crippen molar-refractivity contribution in [2.75, 3.05) is 5.32 Å². The first-order valence-corrected chi connectivity index (χ1v) is 8.75. The number of carbonyl (C=O) groups excluding carboxylic acids is 1. The Morgan fingerprint density at radius 1 is 1.11 bits per heavy atom. The highest BCUT2D eigenvalue weighted by Gasteiger charge is 2.18. The van der Waals surface area contributed by atoms with Gasteiger partial charge in [-0.1, -0.05) is 30.3 Å². The molecule has 0 bridgehead atoms. The summed E-state index contributed by atoms with van der Waals surface area (Å²) < 4.78 is 29.1. The Balaban J connectivity index is 1.84. The molecule has 0 saturated heterocycles. The van der Waals surface area contributed by atoms with E-state index < -0.39 is 17.5 Å². The van der Waals surface area contributed by atoms with Crippen LogP contribution in [0, 0.1) is 11.6 Å². The minimum absolute atomic E-state index is 0.223. The van der Waals surface area contributed by atoms with Gasteiger partial charge in [-0.2, -0.15) is 5.10 Å². The molecule has 28 heavy (non-hydrogen) atoms. The van der Waals surface area contributed by atoms with E-state index in [0.29, 0.717) is 23.3 Å². The van der Waals surface area contributed by atoms with Crippen LogP contribution in [0.25, 0.3) is 22.3 Å². The number of hydrogen-bond acceptors (Lipinski definition) is 3. The van der Waals surface area contributed by atoms with E-state index >= 15 is 0 Å². The van der Waals surface area contributed by atoms with Crippen molar-refractivity contribution in [2.24, 2.45) is 0 Å². The van der Waals surface area contributed by atoms with Crippen molar-refractivity contribution >= 4 is 22.6 Å². The molecule has 0 aliphatic rings. The summed E-state index contributed by atoms with van der Waals surface area (Å²) >= 11 is 0. The molecular weight excluding hydrogens is 362 g/mol. The van der Waals surface area contributed by atoms with E-state index in [1.54, 1.807) is 16.9 Å². The largest absolute Gasteiger partial charge is 0.319 e. The Morgan fingerprint density at radius 3 is 2.64 bits per heavy atom. The van der Waals surface area contributed by atoms with E-state index in [4.69, 9.17) is 0 Å². The van der Waals surface area contributed by atoms with E-state index in [2.05, 4.69) is 15.4 Å². The molecule has 0 aliphatic carbocycles. The number of carbonyl (C=O) groups is 1. The molecule has 1 amide bonds. The number of nitrogens with one attached hydrogen (secondary N) is 1. The Bertz CT molecular complexity index is 1170. The second-order valence-electron chi connectivity index (χ2n) is 6.20. The number of aryl methyl sites for hydroxylation is 1. The van der Waals surface area contributed by atoms with Gasteiger partial charge < -0.3 is 5.32 Å². The van der Waals surface area contributed by atoms with E-state index in [1.807, 2.05) is 37.3 Å². The highest BCUT2D eigenvalue weighted by Crippen LogP contribution is 2.26. The van der Waals surface area contributed by atoms with Gasteiger partial charge in [-0.25, -0.2) is 18.4 Å². The molecule has 0 aliphatic heterocycles. The molecule has 4 aromatic rings. The maximum absolute atomic E-state index is 14.0. The van der Waals surface area contributed by atoms with Crippen molar-refractivity contribution in [3.8, 4) is 11.3 Å². The standard InChI is InChI=1S/C21H16F2N4O/c1-2-27-20-16(12-24-27)15(11-18(25-20)13-6-4-3-5-7-13)21(28)26-19-10-14(22)8-9-17(19)23/h3-12H,2H2,1H3,(H,26,28). The van der Waals surface area contributed by atoms with Crippen LogP contribution in [0.1, 0.15) is 17.3 Å². The van der Waals surface area contributed by atoms with Gasteiger partial charge in [0, 0.05) is 18.2 Å². The Morgan fingerprint density at radius 2 is 1.89 bits per heavy atom. The molecule has 2 aromatic carbocycles. The first-order chi connectivity index (χ1) is 13.6. The van der Waals surface area contributed by atoms with Crippen LogP contribution in [-0.2, 0) is 6.54 Å². The monoisotopic (exact) mass is 378 g/mol. The summed E-state index contributed by atoms with van der Waals surface area (Å²) in [6.45, 7) is 2.50. The molecule has 0 spiro atoms. The zero-order valence-corrected chi connectivity index (χ0v) is 15.0. The normalized spacial score (nSPS) is 11.0. The predicted octanol–water partition coefficient (Wildman–Crippen LogP) is 4.65. The molecule has 0 saturated carbocycles. The van der Waals surface area contributed by atoms with Gasteiger partial charge in [0.05, 0.1) is 28.5 Å². The highest BCUT2D eigenvalue weighted by molar-refractivity contribution is 6.12. The Labute approximate surface area is 159 Å². The molecular formula is C21H16F2N4O. The van der Waals surface area contributed by atoms with Crippen molar-refractivity contribution in [2.45, 2.75) is 13.5 Å². The molecule has 7 heteroatoms. The van der Waals surface area contributed by atoms with Crippen LogP contribution in [0.2, 0.25) is 0 Å². The summed E-state index contributed by atoms with van der Waals surface area (Å²) in [4.78, 5) is 17.6. The van der Waals surface area contributed by atoms with Gasteiger partial charge in [0.15, 0.2) is 5.65 Å². The molecule has 5 nitrogen and oxygen atoms in total. The number of benzene rings is 2. The number of halogens is 2. The summed E-state index contributed by atoms with van der Waals surface area (Å²) in [5.41, 5.74) is 2.03. The summed E-state index contributed by atoms with van der Waals surface area (Å²) in [5, 5.41) is 7.25. The Hall–Kier alpha value is -3.61. The number of hydrogen-bond donors (Lipinski definition) is 1. The number of fused-ring (bicyclic) bond motifs is 1. The van der Waals surface area contributed by atoms with Crippen LogP contribution in [0.3, 0.4) is 0 Å². The number of aromatic nitrogens is 3. The van der Waals surface area contributed by atoms with Gasteiger partial charge in [0.25, 0.3) is 5.91 Å². The van der Waals surface area contributed by atoms with Crippen molar-refractivity contribution in [1.82, 2.24) is 14.8 Å². The third kappa shape index (κ3) is 3.22. The van der Waals surface area contributed by atoms with Crippen LogP contribution in [0.5, 0.6) is 0 Å². The average Bonchev–Trinajstić information content (AvgIpc) is 3.13. The van der Waals surface area contributed by atoms with Crippen LogP contribution >= 0.6 is 0 Å². The van der Waals surface area contributed by atoms with Gasteiger partial charge in [0.1, 0.15) is 11.6 Å². The predicted molar refractivity (Wildman–Crippen MR) is 103 cm³/mol. The van der Waals surface area contributed by atoms with Gasteiger partial charge >= 0.3 is 0 Å². The lowest BCUT2D eigenvalue weighted by Gasteiger charge is -2.10. The van der Waals surface area contributed by atoms with Crippen molar-refractivity contribution in [3.63, 3.8) is 0 Å². The molecule has 2 aromatic heterocycles. The van der Waals surface area contributed by atoms with Gasteiger partial charge in [-0.05, 0) is 25.1 Å². The van der Waals surface area contributed by atoms with Crippen molar-refractivity contribution in [3.05, 3.63) is 78.0 Å². The number of pyridine rings is 1. The smallest absolute Gasteiger partial charge is 0.256 e. The van der Waals surface area contributed by atoms with Crippen molar-refractivity contribution < 1.29 is 13.6 Å². The average molecular weight is 378 g/mol. The van der Waals surface area contributed by atoms with E-state index in [9.17, 15) is 13.6 Å². The number of rotatable bonds is 4. The SMILES string of the molecule is CCn1ncc2c(C(=O)Nc3cc(F)ccc3F)cc(-c3ccccc3)nc21. The fourth-order valence-electron chi connectivity index (χ4n) is 3.01. The summed E-state index contributed by atoms with van der Waals surface area (Å²) in [6.07, 6.45) is 1.55. The molecule has 0 unspecified atom stereocenters. The fourth-order valence-corrected chi connectivity index (χ4v) is 3.01. The lowest BCUT2D eigenvalue weighted by Crippen LogP contribution is -2.14. The molecule has 4 rings (SSSR count). The maximum atomic E-state index is 14.0. The highest BCUT2D eigenvalue weighted by atomic mass is 19.1. The van der Waals surface area contributed by atoms with Crippen molar-refractivity contribution in [1.29, 1.82) is 0 Å². The molecule has 140 valence electrons. The van der Waals surface area contributed by atoms with Crippen LogP contribution in [-0.4, -0.2) is 20.7 Å². The van der Waals surface area contributed by atoms with Gasteiger partial charge in [-0.15, -0.1) is 0 Å². The first-order valence-electron chi connectivity index (χ1n) is 8.75. The molecule has 0 fully saturated rings. The molecule has 1 N–H and O–H groups in total. The van der Waals surface area contributed by atoms with Crippen LogP contribution in [0.15, 0.2) is 60.8 Å². The van der Waals surface area contributed by atoms with Crippen LogP contribution in [0.4, 0.5) is 14.5 Å². The zero-order chi connectivity index (χ0) is 19.7. The van der Waals surface area contributed by atoms with E-state index in [0.717, 1.165) is 23.8 Å². The second-order valence-corrected chi connectivity index (χ2v) is 6.20. The topological polar surface area (TPSA) is 59.8 Å². The fraction of sp³-hybridized carbons (Fsp3) is 0.0952. The number of amides is 1. The lowest BCUT2D eigenvalue weighted by molar-refractivity contribution is 0.102. The third-order valence-corrected chi connectivity index (χ3v) is 4.40. The third-order valence-electron chi connectivity index (χ3n) is 4.40. The number of anilines is 1. The molecule has 2 heterocycles. The summed E-state index contributed by atoms with van der Waals surface area (Å²) in [5.74, 6) is -1.92. The first kappa shape index (κ1) is 17.8.